The van der Waals surface area contributed by atoms with Crippen LogP contribution in [0.4, 0.5) is 5.69 Å². The minimum atomic E-state index is -0.540. The Morgan fingerprint density at radius 3 is 2.62 bits per heavy atom. The van der Waals surface area contributed by atoms with Gasteiger partial charge >= 0.3 is 5.97 Å². The van der Waals surface area contributed by atoms with Crippen LogP contribution in [0.5, 0.6) is 0 Å². The van der Waals surface area contributed by atoms with Crippen molar-refractivity contribution in [3.8, 4) is 0 Å². The topological polar surface area (TPSA) is 94.7 Å². The van der Waals surface area contributed by atoms with E-state index in [0.29, 0.717) is 13.2 Å². The van der Waals surface area contributed by atoms with Crippen LogP contribution in [0.3, 0.4) is 0 Å². The molecule has 1 amide bonds. The second kappa shape index (κ2) is 7.41. The third kappa shape index (κ3) is 4.30. The summed E-state index contributed by atoms with van der Waals surface area (Å²) in [6, 6.07) is 1.24. The molecular weight excluding hydrogens is 278 g/mol. The molecule has 116 valence electrons. The van der Waals surface area contributed by atoms with E-state index in [1.165, 1.54) is 21.7 Å². The van der Waals surface area contributed by atoms with Gasteiger partial charge in [0.2, 0.25) is 0 Å². The normalized spacial score (nSPS) is 10.2. The molecule has 0 aliphatic carbocycles. The largest absolute Gasteiger partial charge is 0.466 e. The van der Waals surface area contributed by atoms with Gasteiger partial charge in [-0.3, -0.25) is 19.7 Å². The smallest absolute Gasteiger partial charge is 0.307 e. The fraction of sp³-hybridized carbons (Fsp3) is 0.538. The summed E-state index contributed by atoms with van der Waals surface area (Å²) in [4.78, 5) is 35.1. The minimum absolute atomic E-state index is 0.0883. The van der Waals surface area contributed by atoms with E-state index in [0.717, 1.165) is 0 Å². The molecule has 1 aromatic rings. The highest BCUT2D eigenvalue weighted by Crippen LogP contribution is 2.17. The number of esters is 1. The first-order valence-electron chi connectivity index (χ1n) is 6.66. The Labute approximate surface area is 122 Å². The van der Waals surface area contributed by atoms with Gasteiger partial charge in [0.15, 0.2) is 0 Å². The molecule has 0 unspecified atom stereocenters. The summed E-state index contributed by atoms with van der Waals surface area (Å²) < 4.78 is 6.30. The standard InChI is InChI=1S/C13H19N3O5/c1-4-15-9-10(16(19)20)8-11(15)13(18)14(3)7-6-12(17)21-5-2/h8-9H,4-7H2,1-3H3. The van der Waals surface area contributed by atoms with E-state index in [1.807, 2.05) is 0 Å². The van der Waals surface area contributed by atoms with E-state index in [1.54, 1.807) is 20.9 Å². The quantitative estimate of drug-likeness (QED) is 0.431. The minimum Gasteiger partial charge on any atom is -0.466 e. The number of nitro groups is 1. The highest BCUT2D eigenvalue weighted by molar-refractivity contribution is 5.93. The fourth-order valence-electron chi connectivity index (χ4n) is 1.82. The molecule has 0 atom stereocenters. The Morgan fingerprint density at radius 2 is 2.10 bits per heavy atom. The lowest BCUT2D eigenvalue weighted by Gasteiger charge is -2.17. The van der Waals surface area contributed by atoms with Crippen LogP contribution in [-0.2, 0) is 16.1 Å². The molecule has 0 bridgehead atoms. The van der Waals surface area contributed by atoms with Crippen molar-refractivity contribution in [2.24, 2.45) is 0 Å². The number of hydrogen-bond donors (Lipinski definition) is 0. The Kier molecular flexibility index (Phi) is 5.89. The first-order valence-corrected chi connectivity index (χ1v) is 6.66. The van der Waals surface area contributed by atoms with E-state index < -0.39 is 4.92 Å². The number of aryl methyl sites for hydroxylation is 1. The molecule has 0 fully saturated rings. The van der Waals surface area contributed by atoms with Crippen molar-refractivity contribution >= 4 is 17.6 Å². The molecule has 1 aromatic heterocycles. The number of carbonyl (C=O) groups is 2. The Balaban J connectivity index is 2.78. The van der Waals surface area contributed by atoms with Gasteiger partial charge in [-0.05, 0) is 13.8 Å². The van der Waals surface area contributed by atoms with Gasteiger partial charge in [0, 0.05) is 26.2 Å². The molecule has 0 aliphatic heterocycles. The van der Waals surface area contributed by atoms with Gasteiger partial charge in [-0.25, -0.2) is 0 Å². The molecule has 0 N–H and O–H groups in total. The first kappa shape index (κ1) is 16.7. The van der Waals surface area contributed by atoms with Crippen LogP contribution >= 0.6 is 0 Å². The van der Waals surface area contributed by atoms with E-state index >= 15 is 0 Å². The third-order valence-corrected chi connectivity index (χ3v) is 2.96. The van der Waals surface area contributed by atoms with E-state index in [2.05, 4.69) is 0 Å². The third-order valence-electron chi connectivity index (χ3n) is 2.96. The number of ether oxygens (including phenoxy) is 1. The number of nitrogens with zero attached hydrogens (tertiary/aromatic N) is 3. The van der Waals surface area contributed by atoms with Crippen LogP contribution in [0.1, 0.15) is 30.8 Å². The van der Waals surface area contributed by atoms with Crippen molar-refractivity contribution in [3.05, 3.63) is 28.1 Å². The lowest BCUT2D eigenvalue weighted by Crippen LogP contribution is -2.30. The van der Waals surface area contributed by atoms with Crippen molar-refractivity contribution in [2.45, 2.75) is 26.8 Å². The molecule has 8 nitrogen and oxygen atoms in total. The molecule has 8 heteroatoms. The molecule has 1 rings (SSSR count). The van der Waals surface area contributed by atoms with Crippen LogP contribution in [0.15, 0.2) is 12.3 Å². The average Bonchev–Trinajstić information content (AvgIpc) is 2.88. The van der Waals surface area contributed by atoms with Crippen LogP contribution in [0, 0.1) is 10.1 Å². The Hall–Kier alpha value is -2.38. The van der Waals surface area contributed by atoms with Crippen LogP contribution in [0.25, 0.3) is 0 Å². The first-order chi connectivity index (χ1) is 9.90. The summed E-state index contributed by atoms with van der Waals surface area (Å²) in [5.74, 6) is -0.747. The molecule has 0 aromatic carbocycles. The van der Waals surface area contributed by atoms with Gasteiger partial charge in [0.05, 0.1) is 24.1 Å². The molecule has 0 radical (unpaired) electrons. The molecule has 0 spiro atoms. The van der Waals surface area contributed by atoms with Gasteiger partial charge in [-0.2, -0.15) is 0 Å². The summed E-state index contributed by atoms with van der Waals surface area (Å²) in [5.41, 5.74) is 0.106. The van der Waals surface area contributed by atoms with Gasteiger partial charge in [-0.15, -0.1) is 0 Å². The van der Waals surface area contributed by atoms with Gasteiger partial charge < -0.3 is 14.2 Å². The highest BCUT2D eigenvalue weighted by Gasteiger charge is 2.21. The SMILES string of the molecule is CCOC(=O)CCN(C)C(=O)c1cc([N+](=O)[O-])cn1CC. The van der Waals surface area contributed by atoms with Gasteiger partial charge in [0.25, 0.3) is 11.6 Å². The predicted octanol–water partition coefficient (Wildman–Crippen LogP) is 1.44. The van der Waals surface area contributed by atoms with Crippen molar-refractivity contribution in [1.82, 2.24) is 9.47 Å². The van der Waals surface area contributed by atoms with E-state index in [9.17, 15) is 19.7 Å². The Morgan fingerprint density at radius 1 is 1.43 bits per heavy atom. The second-order valence-electron chi connectivity index (χ2n) is 4.41. The zero-order chi connectivity index (χ0) is 16.0. The van der Waals surface area contributed by atoms with Gasteiger partial charge in [-0.1, -0.05) is 0 Å². The number of carbonyl (C=O) groups excluding carboxylic acids is 2. The molecule has 21 heavy (non-hydrogen) atoms. The summed E-state index contributed by atoms with van der Waals surface area (Å²) in [5, 5.41) is 10.8. The predicted molar refractivity (Wildman–Crippen MR) is 75.0 cm³/mol. The number of aromatic nitrogens is 1. The fourth-order valence-corrected chi connectivity index (χ4v) is 1.82. The summed E-state index contributed by atoms with van der Waals surface area (Å²) in [6.07, 6.45) is 1.41. The molecule has 0 saturated carbocycles. The van der Waals surface area contributed by atoms with Crippen molar-refractivity contribution in [1.29, 1.82) is 0 Å². The van der Waals surface area contributed by atoms with Gasteiger partial charge in [0.1, 0.15) is 5.69 Å². The maximum absolute atomic E-state index is 12.3. The average molecular weight is 297 g/mol. The maximum Gasteiger partial charge on any atom is 0.307 e. The van der Waals surface area contributed by atoms with Crippen molar-refractivity contribution in [2.75, 3.05) is 20.2 Å². The number of hydrogen-bond acceptors (Lipinski definition) is 5. The summed E-state index contributed by atoms with van der Waals surface area (Å²) >= 11 is 0. The lowest BCUT2D eigenvalue weighted by molar-refractivity contribution is -0.384. The van der Waals surface area contributed by atoms with Crippen molar-refractivity contribution in [3.63, 3.8) is 0 Å². The zero-order valence-electron chi connectivity index (χ0n) is 12.4. The number of amides is 1. The highest BCUT2D eigenvalue weighted by atomic mass is 16.6. The molecule has 1 heterocycles. The van der Waals surface area contributed by atoms with E-state index in [-0.39, 0.29) is 36.2 Å². The second-order valence-corrected chi connectivity index (χ2v) is 4.41. The molecular formula is C13H19N3O5. The molecule has 0 saturated heterocycles. The summed E-state index contributed by atoms with van der Waals surface area (Å²) in [7, 11) is 1.54. The van der Waals surface area contributed by atoms with Crippen LogP contribution in [0.2, 0.25) is 0 Å². The Bertz CT molecular complexity index is 538. The molecule has 0 aliphatic rings. The van der Waals surface area contributed by atoms with E-state index in [4.69, 9.17) is 4.74 Å². The van der Waals surface area contributed by atoms with Crippen LogP contribution < -0.4 is 0 Å². The number of rotatable bonds is 7. The summed E-state index contributed by atoms with van der Waals surface area (Å²) in [6.45, 7) is 4.43. The lowest BCUT2D eigenvalue weighted by atomic mass is 10.3. The monoisotopic (exact) mass is 297 g/mol. The van der Waals surface area contributed by atoms with Crippen molar-refractivity contribution < 1.29 is 19.2 Å². The zero-order valence-corrected chi connectivity index (χ0v) is 12.4. The maximum atomic E-state index is 12.3. The van der Waals surface area contributed by atoms with Crippen LogP contribution in [-0.4, -0.2) is 46.5 Å².